The Morgan fingerprint density at radius 1 is 1.36 bits per heavy atom. The predicted molar refractivity (Wildman–Crippen MR) is 61.2 cm³/mol. The maximum Gasteiger partial charge on any atom is 0.0372 e. The van der Waals surface area contributed by atoms with E-state index in [0.717, 1.165) is 12.1 Å². The highest BCUT2D eigenvalue weighted by Crippen LogP contribution is 2.08. The molecule has 0 bridgehead atoms. The van der Waals surface area contributed by atoms with Crippen LogP contribution in [0.4, 0.5) is 0 Å². The molecule has 0 N–H and O–H groups in total. The van der Waals surface area contributed by atoms with Gasteiger partial charge in [-0.1, -0.05) is 24.3 Å². The van der Waals surface area contributed by atoms with E-state index in [1.54, 1.807) is 0 Å². The zero-order chi connectivity index (χ0) is 10.4. The number of aromatic nitrogens is 1. The molecule has 0 radical (unpaired) electrons. The molecule has 0 spiro atoms. The van der Waals surface area contributed by atoms with Crippen molar-refractivity contribution in [2.75, 3.05) is 0 Å². The van der Waals surface area contributed by atoms with Gasteiger partial charge in [0, 0.05) is 11.9 Å². The molecule has 1 heteroatoms. The van der Waals surface area contributed by atoms with Crippen LogP contribution in [0.1, 0.15) is 25.1 Å². The van der Waals surface area contributed by atoms with Gasteiger partial charge < -0.3 is 0 Å². The van der Waals surface area contributed by atoms with Crippen molar-refractivity contribution in [1.29, 1.82) is 0 Å². The highest BCUT2D eigenvalue weighted by molar-refractivity contribution is 5.26. The first-order valence-corrected chi connectivity index (χ1v) is 4.95. The fraction of sp³-hybridized carbons (Fsp3) is 0.308. The smallest absolute Gasteiger partial charge is 0.0372 e. The van der Waals surface area contributed by atoms with E-state index < -0.39 is 0 Å². The summed E-state index contributed by atoms with van der Waals surface area (Å²) >= 11 is 0. The van der Waals surface area contributed by atoms with Gasteiger partial charge in [-0.25, -0.2) is 0 Å². The Morgan fingerprint density at radius 3 is 2.64 bits per heavy atom. The first-order chi connectivity index (χ1) is 6.76. The van der Waals surface area contributed by atoms with Crippen molar-refractivity contribution in [2.24, 2.45) is 0 Å². The van der Waals surface area contributed by atoms with Crippen LogP contribution in [0.25, 0.3) is 0 Å². The Morgan fingerprint density at radius 2 is 2.14 bits per heavy atom. The average Bonchev–Trinajstić information content (AvgIpc) is 2.20. The Bertz CT molecular complexity index is 331. The van der Waals surface area contributed by atoms with E-state index in [1.807, 2.05) is 20.0 Å². The van der Waals surface area contributed by atoms with Crippen LogP contribution in [0.15, 0.2) is 42.1 Å². The van der Waals surface area contributed by atoms with Crippen LogP contribution in [0.2, 0.25) is 0 Å². The maximum atomic E-state index is 4.28. The van der Waals surface area contributed by atoms with Gasteiger partial charge >= 0.3 is 0 Å². The highest BCUT2D eigenvalue weighted by Gasteiger charge is 1.95. The van der Waals surface area contributed by atoms with Gasteiger partial charge in [-0.3, -0.25) is 4.98 Å². The van der Waals surface area contributed by atoms with Crippen LogP contribution < -0.4 is 0 Å². The first kappa shape index (κ1) is 10.7. The maximum absolute atomic E-state index is 4.28. The predicted octanol–water partition coefficient (Wildman–Crippen LogP) is 3.45. The molecule has 0 aromatic carbocycles. The molecule has 0 fully saturated rings. The normalized spacial score (nSPS) is 12.4. The summed E-state index contributed by atoms with van der Waals surface area (Å²) in [6, 6.07) is 4.19. The number of nitrogens with zero attached hydrogens (tertiary/aromatic N) is 1. The summed E-state index contributed by atoms with van der Waals surface area (Å²) in [4.78, 5) is 4.28. The zero-order valence-corrected chi connectivity index (χ0v) is 9.12. The molecule has 14 heavy (non-hydrogen) atoms. The molecular weight excluding hydrogens is 170 g/mol. The summed E-state index contributed by atoms with van der Waals surface area (Å²) in [5.74, 6) is 0. The lowest BCUT2D eigenvalue weighted by Gasteiger charge is -2.01. The molecule has 1 aromatic rings. The fourth-order valence-electron chi connectivity index (χ4n) is 1.31. The van der Waals surface area contributed by atoms with E-state index in [9.17, 15) is 0 Å². The van der Waals surface area contributed by atoms with E-state index in [4.69, 9.17) is 0 Å². The van der Waals surface area contributed by atoms with Gasteiger partial charge in [0.15, 0.2) is 0 Å². The summed E-state index contributed by atoms with van der Waals surface area (Å²) in [6.45, 7) is 6.11. The molecule has 0 aliphatic heterocycles. The zero-order valence-electron chi connectivity index (χ0n) is 9.12. The molecule has 0 aliphatic carbocycles. The quantitative estimate of drug-likeness (QED) is 0.660. The molecule has 1 aromatic heterocycles. The SMILES string of the molecule is C/C=C\C(=C/C)Cc1ccc(C)nc1. The number of rotatable bonds is 3. The fourth-order valence-corrected chi connectivity index (χ4v) is 1.31. The molecule has 0 saturated heterocycles. The van der Waals surface area contributed by atoms with Crippen LogP contribution in [0, 0.1) is 6.92 Å². The Hall–Kier alpha value is -1.37. The molecule has 0 atom stereocenters. The second kappa shape index (κ2) is 5.38. The van der Waals surface area contributed by atoms with Crippen molar-refractivity contribution in [3.8, 4) is 0 Å². The van der Waals surface area contributed by atoms with Crippen LogP contribution >= 0.6 is 0 Å². The number of hydrogen-bond acceptors (Lipinski definition) is 1. The van der Waals surface area contributed by atoms with E-state index in [0.29, 0.717) is 0 Å². The van der Waals surface area contributed by atoms with E-state index in [2.05, 4.69) is 42.3 Å². The first-order valence-electron chi connectivity index (χ1n) is 4.95. The van der Waals surface area contributed by atoms with Gasteiger partial charge in [0.1, 0.15) is 0 Å². The van der Waals surface area contributed by atoms with Crippen molar-refractivity contribution < 1.29 is 0 Å². The Kier molecular flexibility index (Phi) is 4.11. The summed E-state index contributed by atoms with van der Waals surface area (Å²) in [6.07, 6.45) is 9.26. The minimum atomic E-state index is 0.966. The lowest BCUT2D eigenvalue weighted by atomic mass is 10.1. The standard InChI is InChI=1S/C13H17N/c1-4-6-12(5-2)9-13-8-7-11(3)14-10-13/h4-8,10H,9H2,1-3H3/b6-4-,12-5+. The van der Waals surface area contributed by atoms with E-state index >= 15 is 0 Å². The largest absolute Gasteiger partial charge is 0.261 e. The van der Waals surface area contributed by atoms with Crippen molar-refractivity contribution in [2.45, 2.75) is 27.2 Å². The minimum Gasteiger partial charge on any atom is -0.261 e. The van der Waals surface area contributed by atoms with Crippen molar-refractivity contribution in [3.63, 3.8) is 0 Å². The second-order valence-corrected chi connectivity index (χ2v) is 3.35. The topological polar surface area (TPSA) is 12.9 Å². The lowest BCUT2D eigenvalue weighted by molar-refractivity contribution is 1.10. The minimum absolute atomic E-state index is 0.966. The average molecular weight is 187 g/mol. The number of allylic oxidation sites excluding steroid dienone is 4. The molecule has 1 rings (SSSR count). The number of aryl methyl sites for hydroxylation is 1. The molecular formula is C13H17N. The van der Waals surface area contributed by atoms with Crippen LogP contribution in [0.5, 0.6) is 0 Å². The summed E-state index contributed by atoms with van der Waals surface area (Å²) in [7, 11) is 0. The summed E-state index contributed by atoms with van der Waals surface area (Å²) < 4.78 is 0. The Labute approximate surface area is 86.2 Å². The lowest BCUT2D eigenvalue weighted by Crippen LogP contribution is -1.90. The summed E-state index contributed by atoms with van der Waals surface area (Å²) in [5.41, 5.74) is 3.67. The van der Waals surface area contributed by atoms with Crippen LogP contribution in [-0.2, 0) is 6.42 Å². The highest BCUT2D eigenvalue weighted by atomic mass is 14.7. The van der Waals surface area contributed by atoms with Gasteiger partial charge in [0.2, 0.25) is 0 Å². The molecule has 1 nitrogen and oxygen atoms in total. The molecule has 1 heterocycles. The second-order valence-electron chi connectivity index (χ2n) is 3.35. The summed E-state index contributed by atoms with van der Waals surface area (Å²) in [5, 5.41) is 0. The molecule has 0 saturated carbocycles. The van der Waals surface area contributed by atoms with E-state index in [1.165, 1.54) is 11.1 Å². The third-order valence-electron chi connectivity index (χ3n) is 2.13. The third-order valence-corrected chi connectivity index (χ3v) is 2.13. The van der Waals surface area contributed by atoms with Crippen molar-refractivity contribution in [3.05, 3.63) is 53.4 Å². The van der Waals surface area contributed by atoms with Crippen LogP contribution in [0.3, 0.4) is 0 Å². The molecule has 0 amide bonds. The van der Waals surface area contributed by atoms with Gasteiger partial charge in [-0.2, -0.15) is 0 Å². The van der Waals surface area contributed by atoms with Gasteiger partial charge in [-0.05, 0) is 44.4 Å². The van der Waals surface area contributed by atoms with Crippen LogP contribution in [-0.4, -0.2) is 4.98 Å². The molecule has 0 aliphatic rings. The van der Waals surface area contributed by atoms with Gasteiger partial charge in [-0.15, -0.1) is 0 Å². The van der Waals surface area contributed by atoms with Crippen molar-refractivity contribution >= 4 is 0 Å². The van der Waals surface area contributed by atoms with Crippen molar-refractivity contribution in [1.82, 2.24) is 4.98 Å². The van der Waals surface area contributed by atoms with E-state index in [-0.39, 0.29) is 0 Å². The molecule has 74 valence electrons. The third kappa shape index (κ3) is 3.17. The molecule has 0 unspecified atom stereocenters. The van der Waals surface area contributed by atoms with Gasteiger partial charge in [0.25, 0.3) is 0 Å². The monoisotopic (exact) mass is 187 g/mol. The number of hydrogen-bond donors (Lipinski definition) is 0. The Balaban J connectivity index is 2.73. The van der Waals surface area contributed by atoms with Gasteiger partial charge in [0.05, 0.1) is 0 Å². The number of pyridine rings is 1.